The Labute approximate surface area is 263 Å². The number of rotatable bonds is 10. The maximum atomic E-state index is 12.5. The van der Waals surface area contributed by atoms with Crippen molar-refractivity contribution in [1.82, 2.24) is 0 Å². The minimum absolute atomic E-state index is 0.0282. The first-order valence-electron chi connectivity index (χ1n) is 15.2. The van der Waals surface area contributed by atoms with Gasteiger partial charge in [0.15, 0.2) is 12.2 Å². The fourth-order valence-corrected chi connectivity index (χ4v) is 6.02. The standard InChI is InChI=1S/C34H42O11/c1-7-24-8-10-25(11-9-24)14-27-15-28(16-29(19(27)2)26-12-13-40-17-26)34(39)33(44-23(6)38)32(43-22(5)37)31(42-21(4)36)30(45-34)18-41-20(3)35/h8-11,15-16,26,30-33,39H,7,12-14,17-18H2,1-6H3/t26-,30-,31-,32+,33-,34?/m1/s1. The van der Waals surface area contributed by atoms with Crippen molar-refractivity contribution in [3.8, 4) is 0 Å². The second-order valence-corrected chi connectivity index (χ2v) is 11.6. The van der Waals surface area contributed by atoms with Crippen molar-refractivity contribution < 1.29 is 52.7 Å². The van der Waals surface area contributed by atoms with Crippen LogP contribution in [0, 0.1) is 6.92 Å². The third-order valence-electron chi connectivity index (χ3n) is 8.22. The highest BCUT2D eigenvalue weighted by Gasteiger charge is 2.60. The van der Waals surface area contributed by atoms with Gasteiger partial charge >= 0.3 is 23.9 Å². The van der Waals surface area contributed by atoms with Gasteiger partial charge in [0.1, 0.15) is 12.7 Å². The molecule has 2 aliphatic rings. The number of ether oxygens (including phenoxy) is 6. The number of hydrogen-bond donors (Lipinski definition) is 1. The van der Waals surface area contributed by atoms with Gasteiger partial charge in [0.05, 0.1) is 6.61 Å². The minimum Gasteiger partial charge on any atom is -0.463 e. The van der Waals surface area contributed by atoms with Crippen molar-refractivity contribution in [2.45, 2.75) is 96.9 Å². The van der Waals surface area contributed by atoms with Crippen LogP contribution in [0.2, 0.25) is 0 Å². The summed E-state index contributed by atoms with van der Waals surface area (Å²) in [4.78, 5) is 48.8. The normalized spacial score (nSPS) is 26.2. The van der Waals surface area contributed by atoms with Crippen LogP contribution in [0.5, 0.6) is 0 Å². The van der Waals surface area contributed by atoms with Crippen LogP contribution in [0.4, 0.5) is 0 Å². The van der Waals surface area contributed by atoms with E-state index in [2.05, 4.69) is 31.2 Å². The number of hydrogen-bond acceptors (Lipinski definition) is 11. The molecule has 244 valence electrons. The van der Waals surface area contributed by atoms with Gasteiger partial charge in [-0.1, -0.05) is 31.2 Å². The van der Waals surface area contributed by atoms with E-state index in [1.165, 1.54) is 12.5 Å². The molecule has 0 spiro atoms. The van der Waals surface area contributed by atoms with E-state index in [-0.39, 0.29) is 11.5 Å². The third kappa shape index (κ3) is 8.08. The van der Waals surface area contributed by atoms with Gasteiger partial charge in [0, 0.05) is 45.8 Å². The van der Waals surface area contributed by atoms with Crippen molar-refractivity contribution in [1.29, 1.82) is 0 Å². The number of benzene rings is 2. The van der Waals surface area contributed by atoms with E-state index in [1.54, 1.807) is 12.1 Å². The molecule has 0 amide bonds. The molecule has 0 aromatic heterocycles. The Bertz CT molecular complexity index is 1400. The fourth-order valence-electron chi connectivity index (χ4n) is 6.02. The number of esters is 4. The molecule has 11 nitrogen and oxygen atoms in total. The lowest BCUT2D eigenvalue weighted by Crippen LogP contribution is -2.66. The monoisotopic (exact) mass is 626 g/mol. The number of carbonyl (C=O) groups is 4. The maximum absolute atomic E-state index is 12.5. The molecule has 0 radical (unpaired) electrons. The number of aliphatic hydroxyl groups is 1. The van der Waals surface area contributed by atoms with E-state index >= 15 is 0 Å². The van der Waals surface area contributed by atoms with E-state index in [9.17, 15) is 24.3 Å². The van der Waals surface area contributed by atoms with Crippen LogP contribution in [0.3, 0.4) is 0 Å². The molecule has 2 aromatic carbocycles. The Morgan fingerprint density at radius 1 is 0.889 bits per heavy atom. The van der Waals surface area contributed by atoms with Crippen LogP contribution >= 0.6 is 0 Å². The molecule has 11 heteroatoms. The quantitative estimate of drug-likeness (QED) is 0.305. The Hall–Kier alpha value is -3.80. The highest BCUT2D eigenvalue weighted by Crippen LogP contribution is 2.43. The maximum Gasteiger partial charge on any atom is 0.303 e. The summed E-state index contributed by atoms with van der Waals surface area (Å²) in [6.45, 7) is 9.34. The van der Waals surface area contributed by atoms with Gasteiger partial charge in [-0.25, -0.2) is 0 Å². The van der Waals surface area contributed by atoms with Gasteiger partial charge in [-0.2, -0.15) is 0 Å². The molecule has 0 saturated carbocycles. The van der Waals surface area contributed by atoms with Gasteiger partial charge in [0.2, 0.25) is 11.9 Å². The SMILES string of the molecule is CCc1ccc(Cc2cc(C3(O)O[C@H](COC(C)=O)[C@@H](OC(C)=O)[C@H](OC(C)=O)[C@H]3OC(C)=O)cc([C@@H]3CCOC3)c2C)cc1. The molecule has 2 aliphatic heterocycles. The molecule has 0 bridgehead atoms. The van der Waals surface area contributed by atoms with Gasteiger partial charge in [-0.15, -0.1) is 0 Å². The van der Waals surface area contributed by atoms with Crippen LogP contribution in [-0.2, 0) is 66.2 Å². The van der Waals surface area contributed by atoms with Crippen LogP contribution in [-0.4, -0.2) is 73.2 Å². The first-order valence-corrected chi connectivity index (χ1v) is 15.2. The molecular formula is C34H42O11. The van der Waals surface area contributed by atoms with E-state index in [0.717, 1.165) is 55.9 Å². The van der Waals surface area contributed by atoms with Crippen molar-refractivity contribution in [2.24, 2.45) is 0 Å². The molecule has 2 aromatic rings. The first-order chi connectivity index (χ1) is 21.3. The molecule has 1 N–H and O–H groups in total. The predicted molar refractivity (Wildman–Crippen MR) is 160 cm³/mol. The van der Waals surface area contributed by atoms with Crippen molar-refractivity contribution >= 4 is 23.9 Å². The largest absolute Gasteiger partial charge is 0.463 e. The number of aryl methyl sites for hydroxylation is 1. The lowest BCUT2D eigenvalue weighted by atomic mass is 9.82. The summed E-state index contributed by atoms with van der Waals surface area (Å²) in [5.74, 6) is -5.38. The summed E-state index contributed by atoms with van der Waals surface area (Å²) in [5.41, 5.74) is 5.32. The molecule has 6 atom stereocenters. The average Bonchev–Trinajstić information content (AvgIpc) is 3.51. The van der Waals surface area contributed by atoms with Crippen molar-refractivity contribution in [3.05, 3.63) is 69.8 Å². The molecule has 2 saturated heterocycles. The summed E-state index contributed by atoms with van der Waals surface area (Å²) >= 11 is 0. The zero-order chi connectivity index (χ0) is 32.9. The molecular weight excluding hydrogens is 584 g/mol. The lowest BCUT2D eigenvalue weighted by Gasteiger charge is -2.49. The van der Waals surface area contributed by atoms with Gasteiger partial charge < -0.3 is 33.5 Å². The second kappa shape index (κ2) is 14.5. The lowest BCUT2D eigenvalue weighted by molar-refractivity contribution is -0.360. The highest BCUT2D eigenvalue weighted by atomic mass is 16.7. The van der Waals surface area contributed by atoms with E-state index in [0.29, 0.717) is 19.6 Å². The van der Waals surface area contributed by atoms with Crippen molar-refractivity contribution in [2.75, 3.05) is 19.8 Å². The molecule has 45 heavy (non-hydrogen) atoms. The molecule has 1 unspecified atom stereocenters. The smallest absolute Gasteiger partial charge is 0.303 e. The van der Waals surface area contributed by atoms with E-state index < -0.39 is 60.7 Å². The molecule has 2 heterocycles. The van der Waals surface area contributed by atoms with Gasteiger partial charge in [0.25, 0.3) is 0 Å². The van der Waals surface area contributed by atoms with Gasteiger partial charge in [-0.3, -0.25) is 19.2 Å². The van der Waals surface area contributed by atoms with Crippen LogP contribution in [0.15, 0.2) is 36.4 Å². The Morgan fingerprint density at radius 2 is 1.51 bits per heavy atom. The zero-order valence-electron chi connectivity index (χ0n) is 26.6. The topological polar surface area (TPSA) is 144 Å². The minimum atomic E-state index is -2.42. The van der Waals surface area contributed by atoms with Gasteiger partial charge in [-0.05, 0) is 66.1 Å². The first kappa shape index (κ1) is 34.1. The molecule has 2 fully saturated rings. The fraction of sp³-hybridized carbons (Fsp3) is 0.529. The van der Waals surface area contributed by atoms with E-state index in [4.69, 9.17) is 28.4 Å². The molecule has 0 aliphatic carbocycles. The van der Waals surface area contributed by atoms with Crippen LogP contribution in [0.1, 0.15) is 80.3 Å². The highest BCUT2D eigenvalue weighted by molar-refractivity contribution is 5.69. The Kier molecular flexibility index (Phi) is 11.0. The van der Waals surface area contributed by atoms with E-state index in [1.807, 2.05) is 6.92 Å². The summed E-state index contributed by atoms with van der Waals surface area (Å²) in [6.07, 6.45) is -3.67. The Morgan fingerprint density at radius 3 is 2.07 bits per heavy atom. The summed E-state index contributed by atoms with van der Waals surface area (Å²) in [6, 6.07) is 11.8. The predicted octanol–water partition coefficient (Wildman–Crippen LogP) is 3.55. The van der Waals surface area contributed by atoms with Crippen LogP contribution in [0.25, 0.3) is 0 Å². The zero-order valence-corrected chi connectivity index (χ0v) is 26.6. The van der Waals surface area contributed by atoms with Crippen LogP contribution < -0.4 is 0 Å². The van der Waals surface area contributed by atoms with Crippen molar-refractivity contribution in [3.63, 3.8) is 0 Å². The summed E-state index contributed by atoms with van der Waals surface area (Å²) < 4.78 is 33.8. The number of carbonyl (C=O) groups excluding carboxylic acids is 4. The third-order valence-corrected chi connectivity index (χ3v) is 8.22. The molecule has 4 rings (SSSR count). The Balaban J connectivity index is 1.90. The second-order valence-electron chi connectivity index (χ2n) is 11.6. The average molecular weight is 627 g/mol. The summed E-state index contributed by atoms with van der Waals surface area (Å²) in [5, 5.41) is 12.5. The summed E-state index contributed by atoms with van der Waals surface area (Å²) in [7, 11) is 0.